The first-order valence-electron chi connectivity index (χ1n) is 9.12. The van der Waals surface area contributed by atoms with Crippen LogP contribution in [0.15, 0.2) is 42.5 Å². The van der Waals surface area contributed by atoms with Crippen LogP contribution in [-0.4, -0.2) is 31.6 Å². The third kappa shape index (κ3) is 4.58. The van der Waals surface area contributed by atoms with Gasteiger partial charge in [0.15, 0.2) is 6.61 Å². The Balaban J connectivity index is 1.56. The molecular formula is C21H25N3O3. The minimum Gasteiger partial charge on any atom is -0.483 e. The quantitative estimate of drug-likeness (QED) is 0.818. The molecule has 3 rings (SSSR count). The molecule has 0 atom stereocenters. The van der Waals surface area contributed by atoms with Crippen molar-refractivity contribution in [3.05, 3.63) is 53.6 Å². The van der Waals surface area contributed by atoms with E-state index in [1.807, 2.05) is 31.2 Å². The lowest BCUT2D eigenvalue weighted by Gasteiger charge is -2.15. The number of hydrogen-bond acceptors (Lipinski definition) is 3. The van der Waals surface area contributed by atoms with E-state index in [4.69, 9.17) is 4.74 Å². The molecule has 6 heteroatoms. The largest absolute Gasteiger partial charge is 0.483 e. The van der Waals surface area contributed by atoms with Gasteiger partial charge in [-0.05, 0) is 54.3 Å². The number of anilines is 2. The smallest absolute Gasteiger partial charge is 0.321 e. The van der Waals surface area contributed by atoms with Crippen molar-refractivity contribution in [2.45, 2.75) is 26.7 Å². The topological polar surface area (TPSA) is 70.7 Å². The summed E-state index contributed by atoms with van der Waals surface area (Å²) < 4.78 is 5.71. The fourth-order valence-electron chi connectivity index (χ4n) is 2.91. The van der Waals surface area contributed by atoms with E-state index in [1.165, 1.54) is 5.56 Å². The van der Waals surface area contributed by atoms with Gasteiger partial charge in [0.05, 0.1) is 0 Å². The zero-order chi connectivity index (χ0) is 19.4. The molecule has 2 aromatic carbocycles. The van der Waals surface area contributed by atoms with E-state index >= 15 is 0 Å². The lowest BCUT2D eigenvalue weighted by atomic mass is 10.0. The molecule has 142 valence electrons. The Hall–Kier alpha value is -3.02. The molecule has 2 N–H and O–H groups in total. The first-order valence-corrected chi connectivity index (χ1v) is 9.12. The van der Waals surface area contributed by atoms with Crippen molar-refractivity contribution < 1.29 is 14.3 Å². The van der Waals surface area contributed by atoms with Gasteiger partial charge in [0.2, 0.25) is 0 Å². The summed E-state index contributed by atoms with van der Waals surface area (Å²) in [6.45, 7) is 7.44. The van der Waals surface area contributed by atoms with Crippen molar-refractivity contribution in [3.63, 3.8) is 0 Å². The van der Waals surface area contributed by atoms with Crippen LogP contribution >= 0.6 is 0 Å². The highest BCUT2D eigenvalue weighted by Crippen LogP contribution is 2.24. The first-order chi connectivity index (χ1) is 12.9. The molecule has 1 aliphatic rings. The molecule has 0 unspecified atom stereocenters. The van der Waals surface area contributed by atoms with Gasteiger partial charge in [-0.1, -0.05) is 26.0 Å². The van der Waals surface area contributed by atoms with Gasteiger partial charge >= 0.3 is 6.03 Å². The Kier molecular flexibility index (Phi) is 5.64. The Morgan fingerprint density at radius 3 is 2.59 bits per heavy atom. The average Bonchev–Trinajstić information content (AvgIpc) is 3.07. The van der Waals surface area contributed by atoms with Crippen LogP contribution in [0.5, 0.6) is 5.75 Å². The normalized spacial score (nSPS) is 13.6. The van der Waals surface area contributed by atoms with Crippen LogP contribution < -0.4 is 20.3 Å². The van der Waals surface area contributed by atoms with Crippen molar-refractivity contribution in [1.29, 1.82) is 0 Å². The SMILES string of the molecule is Cc1ccc(C(C)C)cc1OCC(=O)Nc1ccc(N2CCNC2=O)cc1. The fraction of sp³-hybridized carbons (Fsp3) is 0.333. The Labute approximate surface area is 159 Å². The van der Waals surface area contributed by atoms with Crippen LogP contribution in [0.3, 0.4) is 0 Å². The number of urea groups is 1. The number of rotatable bonds is 6. The molecule has 0 radical (unpaired) electrons. The number of carbonyl (C=O) groups is 2. The molecule has 1 fully saturated rings. The number of hydrogen-bond donors (Lipinski definition) is 2. The van der Waals surface area contributed by atoms with E-state index in [2.05, 4.69) is 30.5 Å². The Morgan fingerprint density at radius 2 is 1.96 bits per heavy atom. The molecule has 1 saturated heterocycles. The highest BCUT2D eigenvalue weighted by atomic mass is 16.5. The van der Waals surface area contributed by atoms with E-state index in [0.717, 1.165) is 17.0 Å². The van der Waals surface area contributed by atoms with Gasteiger partial charge in [-0.3, -0.25) is 9.69 Å². The summed E-state index contributed by atoms with van der Waals surface area (Å²) in [6.07, 6.45) is 0. The molecule has 1 aliphatic heterocycles. The molecule has 0 aromatic heterocycles. The van der Waals surface area contributed by atoms with Crippen molar-refractivity contribution >= 4 is 23.3 Å². The van der Waals surface area contributed by atoms with Crippen molar-refractivity contribution in [3.8, 4) is 5.75 Å². The highest BCUT2D eigenvalue weighted by Gasteiger charge is 2.20. The van der Waals surface area contributed by atoms with Gasteiger partial charge in [-0.2, -0.15) is 0 Å². The first kappa shape index (κ1) is 18.8. The summed E-state index contributed by atoms with van der Waals surface area (Å²) in [5.41, 5.74) is 3.65. The molecule has 0 bridgehead atoms. The minimum absolute atomic E-state index is 0.0569. The molecule has 1 heterocycles. The van der Waals surface area contributed by atoms with Crippen LogP contribution in [-0.2, 0) is 4.79 Å². The van der Waals surface area contributed by atoms with Gasteiger partial charge in [-0.25, -0.2) is 4.79 Å². The van der Waals surface area contributed by atoms with E-state index < -0.39 is 0 Å². The second-order valence-corrected chi connectivity index (χ2v) is 6.95. The van der Waals surface area contributed by atoms with Crippen LogP contribution in [0.2, 0.25) is 0 Å². The monoisotopic (exact) mass is 367 g/mol. The number of nitrogens with zero attached hydrogens (tertiary/aromatic N) is 1. The van der Waals surface area contributed by atoms with Crippen LogP contribution in [0, 0.1) is 6.92 Å². The maximum Gasteiger partial charge on any atom is 0.321 e. The molecule has 2 aromatic rings. The summed E-state index contributed by atoms with van der Waals surface area (Å²) in [7, 11) is 0. The third-order valence-corrected chi connectivity index (χ3v) is 4.56. The maximum atomic E-state index is 12.2. The van der Waals surface area contributed by atoms with Crippen LogP contribution in [0.25, 0.3) is 0 Å². The molecule has 0 aliphatic carbocycles. The second kappa shape index (κ2) is 8.12. The molecule has 0 spiro atoms. The maximum absolute atomic E-state index is 12.2. The molecule has 27 heavy (non-hydrogen) atoms. The van der Waals surface area contributed by atoms with Gasteiger partial charge < -0.3 is 15.4 Å². The zero-order valence-electron chi connectivity index (χ0n) is 15.9. The summed E-state index contributed by atoms with van der Waals surface area (Å²) >= 11 is 0. The number of ether oxygens (including phenoxy) is 1. The lowest BCUT2D eigenvalue weighted by Crippen LogP contribution is -2.27. The predicted octanol–water partition coefficient (Wildman–Crippen LogP) is 3.67. The van der Waals surface area contributed by atoms with Gasteiger partial charge in [0.25, 0.3) is 5.91 Å². The average molecular weight is 367 g/mol. The summed E-state index contributed by atoms with van der Waals surface area (Å²) in [4.78, 5) is 25.5. The number of amides is 3. The predicted molar refractivity (Wildman–Crippen MR) is 107 cm³/mol. The summed E-state index contributed by atoms with van der Waals surface area (Å²) in [6, 6.07) is 13.2. The lowest BCUT2D eigenvalue weighted by molar-refractivity contribution is -0.118. The zero-order valence-corrected chi connectivity index (χ0v) is 15.9. The van der Waals surface area contributed by atoms with E-state index in [9.17, 15) is 9.59 Å². The summed E-state index contributed by atoms with van der Waals surface area (Å²) in [5.74, 6) is 0.903. The molecule has 0 saturated carbocycles. The van der Waals surface area contributed by atoms with Crippen LogP contribution in [0.4, 0.5) is 16.2 Å². The van der Waals surface area contributed by atoms with Gasteiger partial charge in [0, 0.05) is 24.5 Å². The number of nitrogens with one attached hydrogen (secondary N) is 2. The molecule has 6 nitrogen and oxygen atoms in total. The van der Waals surface area contributed by atoms with E-state index in [1.54, 1.807) is 17.0 Å². The summed E-state index contributed by atoms with van der Waals surface area (Å²) in [5, 5.41) is 5.58. The Morgan fingerprint density at radius 1 is 1.22 bits per heavy atom. The minimum atomic E-state index is -0.226. The fourth-order valence-corrected chi connectivity index (χ4v) is 2.91. The second-order valence-electron chi connectivity index (χ2n) is 6.95. The molecule has 3 amide bonds. The van der Waals surface area contributed by atoms with Crippen LogP contribution in [0.1, 0.15) is 30.9 Å². The van der Waals surface area contributed by atoms with Gasteiger partial charge in [0.1, 0.15) is 5.75 Å². The Bertz CT molecular complexity index is 831. The van der Waals surface area contributed by atoms with Crippen molar-refractivity contribution in [2.75, 3.05) is 29.9 Å². The third-order valence-electron chi connectivity index (χ3n) is 4.56. The highest BCUT2D eigenvalue weighted by molar-refractivity contribution is 5.95. The van der Waals surface area contributed by atoms with E-state index in [0.29, 0.717) is 24.7 Å². The van der Waals surface area contributed by atoms with Gasteiger partial charge in [-0.15, -0.1) is 0 Å². The standard InChI is InChI=1S/C21H25N3O3/c1-14(2)16-5-4-15(3)19(12-16)27-13-20(25)23-17-6-8-18(9-7-17)24-11-10-22-21(24)26/h4-9,12,14H,10-11,13H2,1-3H3,(H,22,26)(H,23,25). The number of benzene rings is 2. The number of carbonyl (C=O) groups excluding carboxylic acids is 2. The molecular weight excluding hydrogens is 342 g/mol. The van der Waals surface area contributed by atoms with E-state index in [-0.39, 0.29) is 18.5 Å². The number of aryl methyl sites for hydroxylation is 1. The van der Waals surface area contributed by atoms with Crippen molar-refractivity contribution in [2.24, 2.45) is 0 Å². The van der Waals surface area contributed by atoms with Crippen molar-refractivity contribution in [1.82, 2.24) is 5.32 Å².